The summed E-state index contributed by atoms with van der Waals surface area (Å²) in [5, 5.41) is 0. The Balaban J connectivity index is 1.58. The van der Waals surface area contributed by atoms with Gasteiger partial charge in [-0.25, -0.2) is 4.98 Å². The summed E-state index contributed by atoms with van der Waals surface area (Å²) in [6.45, 7) is 13.9. The third kappa shape index (κ3) is 3.92. The van der Waals surface area contributed by atoms with Gasteiger partial charge in [0.1, 0.15) is 0 Å². The van der Waals surface area contributed by atoms with Crippen LogP contribution in [0, 0.1) is 27.7 Å². The Kier molecular flexibility index (Phi) is 6.01. The molecule has 4 heteroatoms. The second-order valence-corrected chi connectivity index (χ2v) is 9.46. The van der Waals surface area contributed by atoms with Crippen LogP contribution in [0.15, 0.2) is 66.7 Å². The number of nitrogens with zero attached hydrogens (tertiary/aromatic N) is 4. The lowest BCUT2D eigenvalue weighted by atomic mass is 10.0. The minimum absolute atomic E-state index is 0.858. The van der Waals surface area contributed by atoms with E-state index >= 15 is 0 Å². The molecule has 2 heterocycles. The van der Waals surface area contributed by atoms with E-state index in [1.54, 1.807) is 0 Å². The summed E-state index contributed by atoms with van der Waals surface area (Å²) in [4.78, 5) is 7.75. The summed E-state index contributed by atoms with van der Waals surface area (Å²) in [5.41, 5.74) is 11.3. The van der Waals surface area contributed by atoms with Gasteiger partial charge in [-0.1, -0.05) is 67.1 Å². The average Bonchev–Trinajstić information content (AvgIpc) is 3.31. The van der Waals surface area contributed by atoms with Gasteiger partial charge >= 0.3 is 0 Å². The molecule has 34 heavy (non-hydrogen) atoms. The molecule has 3 aromatic carbocycles. The van der Waals surface area contributed by atoms with Gasteiger partial charge in [-0.2, -0.15) is 0 Å². The number of aromatic nitrogens is 3. The number of imidazole rings is 2. The van der Waals surface area contributed by atoms with Crippen molar-refractivity contribution >= 4 is 16.8 Å². The topological polar surface area (TPSA) is 25.5 Å². The van der Waals surface area contributed by atoms with E-state index in [-0.39, 0.29) is 0 Å². The van der Waals surface area contributed by atoms with Crippen molar-refractivity contribution in [1.82, 2.24) is 18.9 Å². The molecular weight excluding hydrogens is 416 g/mol. The van der Waals surface area contributed by atoms with Crippen LogP contribution in [0.2, 0.25) is 0 Å². The first-order valence-electron chi connectivity index (χ1n) is 12.3. The number of aryl methyl sites for hydroxylation is 4. The van der Waals surface area contributed by atoms with E-state index in [4.69, 9.17) is 4.98 Å². The van der Waals surface area contributed by atoms with Gasteiger partial charge in [0.05, 0.1) is 22.4 Å². The lowest BCUT2D eigenvalue weighted by molar-refractivity contribution is 0.280. The Morgan fingerprint density at radius 1 is 0.824 bits per heavy atom. The molecule has 0 amide bonds. The summed E-state index contributed by atoms with van der Waals surface area (Å²) in [6, 6.07) is 24.0. The first kappa shape index (κ1) is 22.4. The Hall–Kier alpha value is -3.37. The molecule has 5 aromatic rings. The van der Waals surface area contributed by atoms with Crippen LogP contribution < -0.4 is 0 Å². The third-order valence-corrected chi connectivity index (χ3v) is 6.99. The van der Waals surface area contributed by atoms with Gasteiger partial charge in [0.25, 0.3) is 0 Å². The fraction of sp³-hybridized carbons (Fsp3) is 0.300. The predicted molar refractivity (Wildman–Crippen MR) is 142 cm³/mol. The maximum atomic E-state index is 5.26. The molecule has 0 N–H and O–H groups in total. The molecule has 0 radical (unpaired) electrons. The van der Waals surface area contributed by atoms with Crippen LogP contribution in [0.4, 0.5) is 0 Å². The third-order valence-electron chi connectivity index (χ3n) is 6.99. The lowest BCUT2D eigenvalue weighted by Crippen LogP contribution is -2.26. The normalized spacial score (nSPS) is 11.8. The van der Waals surface area contributed by atoms with Crippen LogP contribution in [-0.4, -0.2) is 31.9 Å². The highest BCUT2D eigenvalue weighted by Crippen LogP contribution is 2.31. The smallest absolute Gasteiger partial charge is 0.220 e. The molecule has 2 aromatic heterocycles. The minimum atomic E-state index is 0.858. The Bertz CT molecular complexity index is 1430. The van der Waals surface area contributed by atoms with E-state index in [0.717, 1.165) is 37.5 Å². The van der Waals surface area contributed by atoms with Crippen molar-refractivity contribution in [2.45, 2.75) is 47.6 Å². The molecule has 0 bridgehead atoms. The number of rotatable bonds is 7. The van der Waals surface area contributed by atoms with Gasteiger partial charge in [-0.15, -0.1) is 0 Å². The number of likely N-dealkylation sites (N-methyl/N-ethyl adjacent to an activating group) is 1. The summed E-state index contributed by atoms with van der Waals surface area (Å²) >= 11 is 0. The standard InChI is InChI=1S/C30H34N4/c1-6-32(17-16-25-12-8-7-9-13-25)20-26-24(5)33-27-14-10-11-15-28(27)34(30(33)31-26)29-22(3)18-21(2)19-23(29)4/h7-15,18-19H,6,16-17,20H2,1-5H3. The van der Waals surface area contributed by atoms with Crippen molar-refractivity contribution in [2.75, 3.05) is 13.1 Å². The van der Waals surface area contributed by atoms with Gasteiger partial charge in [-0.3, -0.25) is 13.9 Å². The summed E-state index contributed by atoms with van der Waals surface area (Å²) < 4.78 is 4.70. The fourth-order valence-corrected chi connectivity index (χ4v) is 5.31. The van der Waals surface area contributed by atoms with Crippen LogP contribution in [-0.2, 0) is 13.0 Å². The Morgan fingerprint density at radius 2 is 1.47 bits per heavy atom. The van der Waals surface area contributed by atoms with Gasteiger partial charge in [-0.05, 0) is 69.5 Å². The Morgan fingerprint density at radius 3 is 2.15 bits per heavy atom. The zero-order valence-electron chi connectivity index (χ0n) is 21.0. The van der Waals surface area contributed by atoms with Crippen molar-refractivity contribution in [3.05, 3.63) is 100 Å². The van der Waals surface area contributed by atoms with Crippen molar-refractivity contribution in [1.29, 1.82) is 0 Å². The molecule has 174 valence electrons. The lowest BCUT2D eigenvalue weighted by Gasteiger charge is -2.19. The highest BCUT2D eigenvalue weighted by molar-refractivity contribution is 5.85. The van der Waals surface area contributed by atoms with E-state index in [9.17, 15) is 0 Å². The molecule has 5 rings (SSSR count). The van der Waals surface area contributed by atoms with E-state index < -0.39 is 0 Å². The highest BCUT2D eigenvalue weighted by atomic mass is 15.2. The van der Waals surface area contributed by atoms with Crippen LogP contribution >= 0.6 is 0 Å². The molecule has 0 aliphatic rings. The number of para-hydroxylation sites is 2. The molecule has 0 aliphatic carbocycles. The number of hydrogen-bond acceptors (Lipinski definition) is 2. The molecule has 0 fully saturated rings. The predicted octanol–water partition coefficient (Wildman–Crippen LogP) is 6.58. The minimum Gasteiger partial charge on any atom is -0.297 e. The average molecular weight is 451 g/mol. The summed E-state index contributed by atoms with van der Waals surface area (Å²) in [7, 11) is 0. The maximum absolute atomic E-state index is 5.26. The number of hydrogen-bond donors (Lipinski definition) is 0. The molecule has 4 nitrogen and oxygen atoms in total. The highest BCUT2D eigenvalue weighted by Gasteiger charge is 2.21. The zero-order chi connectivity index (χ0) is 23.8. The second kappa shape index (κ2) is 9.11. The first-order valence-corrected chi connectivity index (χ1v) is 12.3. The van der Waals surface area contributed by atoms with E-state index in [1.807, 2.05) is 0 Å². The van der Waals surface area contributed by atoms with Crippen molar-refractivity contribution in [3.63, 3.8) is 0 Å². The van der Waals surface area contributed by atoms with E-state index in [2.05, 4.69) is 115 Å². The van der Waals surface area contributed by atoms with Crippen LogP contribution in [0.5, 0.6) is 0 Å². The second-order valence-electron chi connectivity index (χ2n) is 9.46. The summed E-state index contributed by atoms with van der Waals surface area (Å²) in [6.07, 6.45) is 1.05. The molecule has 0 aliphatic heterocycles. The monoisotopic (exact) mass is 450 g/mol. The van der Waals surface area contributed by atoms with Gasteiger partial charge in [0.2, 0.25) is 5.78 Å². The molecular formula is C30H34N4. The maximum Gasteiger partial charge on any atom is 0.220 e. The molecule has 0 saturated heterocycles. The molecule has 0 spiro atoms. The van der Waals surface area contributed by atoms with Crippen molar-refractivity contribution in [2.24, 2.45) is 0 Å². The van der Waals surface area contributed by atoms with Gasteiger partial charge < -0.3 is 0 Å². The van der Waals surface area contributed by atoms with Crippen LogP contribution in [0.25, 0.3) is 22.5 Å². The van der Waals surface area contributed by atoms with E-state index in [1.165, 1.54) is 44.7 Å². The first-order chi connectivity index (χ1) is 16.5. The number of benzene rings is 3. The Labute approximate surface area is 202 Å². The largest absolute Gasteiger partial charge is 0.297 e. The van der Waals surface area contributed by atoms with Crippen molar-refractivity contribution < 1.29 is 0 Å². The quantitative estimate of drug-likeness (QED) is 0.280. The molecule has 0 saturated carbocycles. The van der Waals surface area contributed by atoms with E-state index in [0.29, 0.717) is 0 Å². The molecule has 0 unspecified atom stereocenters. The van der Waals surface area contributed by atoms with Crippen LogP contribution in [0.1, 0.15) is 40.6 Å². The molecule has 0 atom stereocenters. The van der Waals surface area contributed by atoms with Gasteiger partial charge in [0, 0.05) is 18.8 Å². The zero-order valence-corrected chi connectivity index (χ0v) is 21.0. The number of fused-ring (bicyclic) bond motifs is 3. The van der Waals surface area contributed by atoms with Crippen molar-refractivity contribution in [3.8, 4) is 5.69 Å². The fourth-order valence-electron chi connectivity index (χ4n) is 5.31. The SMILES string of the molecule is CCN(CCc1ccccc1)Cc1nc2n(-c3c(C)cc(C)cc3C)c3ccccc3n2c1C. The van der Waals surface area contributed by atoms with Gasteiger partial charge in [0.15, 0.2) is 0 Å². The van der Waals surface area contributed by atoms with Crippen LogP contribution in [0.3, 0.4) is 0 Å². The summed E-state index contributed by atoms with van der Waals surface area (Å²) in [5.74, 6) is 1.00.